The minimum absolute atomic E-state index is 0.0126. The van der Waals surface area contributed by atoms with Crippen LogP contribution in [0.1, 0.15) is 48.9 Å². The molecule has 0 amide bonds. The van der Waals surface area contributed by atoms with Gasteiger partial charge in [-0.2, -0.15) is 0 Å². The molecule has 5 heteroatoms. The summed E-state index contributed by atoms with van der Waals surface area (Å²) in [5, 5.41) is 9.04. The second kappa shape index (κ2) is 10.3. The third-order valence-corrected chi connectivity index (χ3v) is 4.81. The lowest BCUT2D eigenvalue weighted by Gasteiger charge is -2.23. The molecule has 2 aromatic carbocycles. The number of nitrogens with zero attached hydrogens (tertiary/aromatic N) is 1. The molecule has 28 heavy (non-hydrogen) atoms. The van der Waals surface area contributed by atoms with Gasteiger partial charge in [-0.3, -0.25) is 9.69 Å². The summed E-state index contributed by atoms with van der Waals surface area (Å²) in [4.78, 5) is 12.8. The third-order valence-electron chi connectivity index (χ3n) is 4.81. The van der Waals surface area contributed by atoms with E-state index in [1.165, 1.54) is 17.7 Å². The molecule has 2 rings (SSSR count). The number of carbonyl (C=O) groups is 1. The van der Waals surface area contributed by atoms with Crippen molar-refractivity contribution in [3.8, 4) is 0 Å². The summed E-state index contributed by atoms with van der Waals surface area (Å²) in [5.74, 6) is -1.48. The number of rotatable bonds is 10. The van der Waals surface area contributed by atoms with Crippen molar-refractivity contribution in [2.75, 3.05) is 6.54 Å². The number of benzene rings is 2. The van der Waals surface area contributed by atoms with E-state index in [-0.39, 0.29) is 25.1 Å². The van der Waals surface area contributed by atoms with E-state index < -0.39 is 17.6 Å². The normalized spacial score (nSPS) is 11.4. The fourth-order valence-electron chi connectivity index (χ4n) is 3.15. The lowest BCUT2D eigenvalue weighted by atomic mass is 10.0. The summed E-state index contributed by atoms with van der Waals surface area (Å²) in [6.45, 7) is 6.65. The monoisotopic (exact) mass is 389 g/mol. The summed E-state index contributed by atoms with van der Waals surface area (Å²) in [5.41, 5.74) is 2.60. The van der Waals surface area contributed by atoms with Gasteiger partial charge in [-0.05, 0) is 48.4 Å². The molecule has 1 N–H and O–H groups in total. The first-order valence-electron chi connectivity index (χ1n) is 9.71. The Labute approximate surface area is 166 Å². The van der Waals surface area contributed by atoms with Gasteiger partial charge in [0, 0.05) is 25.2 Å². The van der Waals surface area contributed by atoms with Crippen LogP contribution in [-0.2, 0) is 24.3 Å². The van der Waals surface area contributed by atoms with E-state index in [1.807, 2.05) is 12.1 Å². The molecule has 0 bridgehead atoms. The molecule has 2 aromatic rings. The molecule has 0 aromatic heterocycles. The van der Waals surface area contributed by atoms with Gasteiger partial charge in [-0.1, -0.05) is 44.2 Å². The molecule has 0 spiro atoms. The Bertz CT molecular complexity index is 805. The summed E-state index contributed by atoms with van der Waals surface area (Å²) in [6.07, 6.45) is 1.98. The standard InChI is InChI=1S/C23H29F2NO2/c1-16(2)7-9-18-5-4-6-19(13-18)14-26(12-11-22(27)28)15-20-21(24)10-8-17(3)23(20)25/h4-6,8,10,13,16H,7,9,11-12,14-15H2,1-3H3,(H,27,28). The number of hydrogen-bond donors (Lipinski definition) is 1. The van der Waals surface area contributed by atoms with Crippen molar-refractivity contribution in [2.45, 2.75) is 53.1 Å². The van der Waals surface area contributed by atoms with Crippen LogP contribution in [0.25, 0.3) is 0 Å². The maximum atomic E-state index is 14.4. The van der Waals surface area contributed by atoms with E-state index in [9.17, 15) is 13.6 Å². The molecule has 0 saturated carbocycles. The van der Waals surface area contributed by atoms with Crippen molar-refractivity contribution in [3.05, 3.63) is 70.3 Å². The van der Waals surface area contributed by atoms with Crippen molar-refractivity contribution in [1.82, 2.24) is 4.90 Å². The van der Waals surface area contributed by atoms with Gasteiger partial charge < -0.3 is 5.11 Å². The van der Waals surface area contributed by atoms with Crippen molar-refractivity contribution in [2.24, 2.45) is 5.92 Å². The topological polar surface area (TPSA) is 40.5 Å². The molecule has 3 nitrogen and oxygen atoms in total. The molecular formula is C23H29F2NO2. The average molecular weight is 389 g/mol. The first-order valence-corrected chi connectivity index (χ1v) is 9.71. The number of hydrogen-bond acceptors (Lipinski definition) is 2. The predicted octanol–water partition coefficient (Wildman–Crippen LogP) is 5.34. The van der Waals surface area contributed by atoms with Crippen LogP contribution in [0, 0.1) is 24.5 Å². The van der Waals surface area contributed by atoms with Gasteiger partial charge in [0.1, 0.15) is 11.6 Å². The van der Waals surface area contributed by atoms with Gasteiger partial charge >= 0.3 is 5.97 Å². The number of carboxylic acid groups (broad SMARTS) is 1. The Morgan fingerprint density at radius 2 is 1.82 bits per heavy atom. The summed E-state index contributed by atoms with van der Waals surface area (Å²) >= 11 is 0. The van der Waals surface area contributed by atoms with Crippen LogP contribution in [0.3, 0.4) is 0 Å². The highest BCUT2D eigenvalue weighted by molar-refractivity contribution is 5.66. The molecule has 0 aliphatic heterocycles. The molecule has 0 radical (unpaired) electrons. The van der Waals surface area contributed by atoms with Crippen molar-refractivity contribution >= 4 is 5.97 Å². The second-order valence-electron chi connectivity index (χ2n) is 7.76. The van der Waals surface area contributed by atoms with E-state index >= 15 is 0 Å². The van der Waals surface area contributed by atoms with Crippen molar-refractivity contribution < 1.29 is 18.7 Å². The maximum Gasteiger partial charge on any atom is 0.304 e. The Balaban J connectivity index is 2.19. The van der Waals surface area contributed by atoms with Gasteiger partial charge in [-0.15, -0.1) is 0 Å². The highest BCUT2D eigenvalue weighted by Crippen LogP contribution is 2.20. The summed E-state index contributed by atoms with van der Waals surface area (Å²) in [6, 6.07) is 10.8. The smallest absolute Gasteiger partial charge is 0.304 e. The molecule has 0 unspecified atom stereocenters. The van der Waals surface area contributed by atoms with Crippen LogP contribution >= 0.6 is 0 Å². The maximum absolute atomic E-state index is 14.4. The van der Waals surface area contributed by atoms with Crippen molar-refractivity contribution in [1.29, 1.82) is 0 Å². The highest BCUT2D eigenvalue weighted by Gasteiger charge is 2.17. The van der Waals surface area contributed by atoms with Gasteiger partial charge in [0.15, 0.2) is 0 Å². The van der Waals surface area contributed by atoms with Crippen molar-refractivity contribution in [3.63, 3.8) is 0 Å². The van der Waals surface area contributed by atoms with Crippen LogP contribution in [0.2, 0.25) is 0 Å². The quantitative estimate of drug-likeness (QED) is 0.596. The fourth-order valence-corrected chi connectivity index (χ4v) is 3.15. The molecule has 0 saturated heterocycles. The fraction of sp³-hybridized carbons (Fsp3) is 0.435. The van der Waals surface area contributed by atoms with E-state index in [4.69, 9.17) is 5.11 Å². The van der Waals surface area contributed by atoms with Crippen LogP contribution in [-0.4, -0.2) is 22.5 Å². The van der Waals surface area contributed by atoms with Gasteiger partial charge in [-0.25, -0.2) is 8.78 Å². The Kier molecular flexibility index (Phi) is 8.12. The highest BCUT2D eigenvalue weighted by atomic mass is 19.1. The molecule has 152 valence electrons. The largest absolute Gasteiger partial charge is 0.481 e. The predicted molar refractivity (Wildman–Crippen MR) is 107 cm³/mol. The Morgan fingerprint density at radius 3 is 2.50 bits per heavy atom. The SMILES string of the molecule is Cc1ccc(F)c(CN(CCC(=O)O)Cc2cccc(CCC(C)C)c2)c1F. The Morgan fingerprint density at radius 1 is 1.11 bits per heavy atom. The number of aryl methyl sites for hydroxylation is 2. The number of halogens is 2. The molecule has 0 heterocycles. The first kappa shape index (κ1) is 22.0. The molecular weight excluding hydrogens is 360 g/mol. The zero-order valence-electron chi connectivity index (χ0n) is 16.8. The minimum atomic E-state index is -0.930. The lowest BCUT2D eigenvalue weighted by molar-refractivity contribution is -0.137. The second-order valence-corrected chi connectivity index (χ2v) is 7.76. The lowest BCUT2D eigenvalue weighted by Crippen LogP contribution is -2.27. The number of aliphatic carboxylic acids is 1. The number of carboxylic acids is 1. The summed E-state index contributed by atoms with van der Waals surface area (Å²) in [7, 11) is 0. The van der Waals surface area contributed by atoms with E-state index in [0.29, 0.717) is 18.0 Å². The molecule has 0 atom stereocenters. The third kappa shape index (κ3) is 6.71. The van der Waals surface area contributed by atoms with Gasteiger partial charge in [0.25, 0.3) is 0 Å². The molecule has 0 aliphatic carbocycles. The van der Waals surface area contributed by atoms with Crippen LogP contribution in [0.15, 0.2) is 36.4 Å². The zero-order chi connectivity index (χ0) is 20.7. The molecule has 0 fully saturated rings. The Hall–Kier alpha value is -2.27. The first-order chi connectivity index (χ1) is 13.3. The van der Waals surface area contributed by atoms with E-state index in [0.717, 1.165) is 18.4 Å². The van der Waals surface area contributed by atoms with E-state index in [1.54, 1.807) is 11.8 Å². The zero-order valence-corrected chi connectivity index (χ0v) is 16.8. The minimum Gasteiger partial charge on any atom is -0.481 e. The van der Waals surface area contributed by atoms with Crippen LogP contribution in [0.5, 0.6) is 0 Å². The summed E-state index contributed by atoms with van der Waals surface area (Å²) < 4.78 is 28.6. The van der Waals surface area contributed by atoms with E-state index in [2.05, 4.69) is 26.0 Å². The average Bonchev–Trinajstić information content (AvgIpc) is 2.64. The van der Waals surface area contributed by atoms with Gasteiger partial charge in [0.05, 0.1) is 6.42 Å². The van der Waals surface area contributed by atoms with Gasteiger partial charge in [0.2, 0.25) is 0 Å². The van der Waals surface area contributed by atoms with Crippen LogP contribution < -0.4 is 0 Å². The van der Waals surface area contributed by atoms with Crippen LogP contribution in [0.4, 0.5) is 8.78 Å². The molecule has 0 aliphatic rings.